The van der Waals surface area contributed by atoms with E-state index < -0.39 is 0 Å². The number of anilines is 1. The molecular formula is C49H51N5. The minimum absolute atomic E-state index is 0.287. The number of nitrogens with two attached hydrogens (primary N) is 1. The van der Waals surface area contributed by atoms with Crippen LogP contribution < -0.4 is 11.1 Å². The molecule has 3 rings (SSSR count). The summed E-state index contributed by atoms with van der Waals surface area (Å²) in [7, 11) is 0. The zero-order valence-corrected chi connectivity index (χ0v) is 31.3. The van der Waals surface area contributed by atoms with E-state index in [-0.39, 0.29) is 5.84 Å². The van der Waals surface area contributed by atoms with E-state index in [9.17, 15) is 0 Å². The summed E-state index contributed by atoms with van der Waals surface area (Å²) in [5.74, 6) is 0.806. The Bertz CT molecular complexity index is 2100. The van der Waals surface area contributed by atoms with Crippen molar-refractivity contribution in [2.75, 3.05) is 11.9 Å². The van der Waals surface area contributed by atoms with Gasteiger partial charge in [-0.05, 0) is 58.0 Å². The first-order valence-electron chi connectivity index (χ1n) is 17.7. The maximum Gasteiger partial charge on any atom is 0.157 e. The zero-order valence-electron chi connectivity index (χ0n) is 31.3. The van der Waals surface area contributed by atoms with E-state index in [1.54, 1.807) is 18.2 Å². The van der Waals surface area contributed by atoms with Gasteiger partial charge in [0.2, 0.25) is 0 Å². The normalized spacial score (nSPS) is 12.0. The van der Waals surface area contributed by atoms with Gasteiger partial charge in [0.05, 0.1) is 6.54 Å². The summed E-state index contributed by atoms with van der Waals surface area (Å²) in [5, 5.41) is 11.3. The number of rotatable bonds is 18. The van der Waals surface area contributed by atoms with Crippen molar-refractivity contribution in [1.82, 2.24) is 0 Å². The lowest BCUT2D eigenvalue weighted by Crippen LogP contribution is -2.16. The van der Waals surface area contributed by atoms with Crippen molar-refractivity contribution in [3.8, 4) is 11.1 Å². The first-order valence-corrected chi connectivity index (χ1v) is 17.7. The Hall–Kier alpha value is -6.85. The molecule has 0 heterocycles. The molecule has 3 aromatic carbocycles. The summed E-state index contributed by atoms with van der Waals surface area (Å²) in [6.45, 7) is 26.8. The number of nitrogens with zero attached hydrogens (tertiary/aromatic N) is 2. The molecule has 4 N–H and O–H groups in total. The van der Waals surface area contributed by atoms with Gasteiger partial charge in [-0.1, -0.05) is 186 Å². The molecule has 0 aliphatic heterocycles. The van der Waals surface area contributed by atoms with Crippen LogP contribution in [0.2, 0.25) is 0 Å². The topological polar surface area (TPSA) is 86.6 Å². The summed E-state index contributed by atoms with van der Waals surface area (Å²) in [4.78, 5) is 9.21. The Labute approximate surface area is 322 Å². The highest BCUT2D eigenvalue weighted by Crippen LogP contribution is 2.26. The zero-order chi connectivity index (χ0) is 39.1. The van der Waals surface area contributed by atoms with Crippen molar-refractivity contribution in [1.29, 1.82) is 5.41 Å². The molecule has 54 heavy (non-hydrogen) atoms. The first kappa shape index (κ1) is 41.6. The fourth-order valence-electron chi connectivity index (χ4n) is 5.00. The van der Waals surface area contributed by atoms with Crippen molar-refractivity contribution < 1.29 is 0 Å². The van der Waals surface area contributed by atoms with Gasteiger partial charge in [-0.3, -0.25) is 4.99 Å². The minimum atomic E-state index is 0.287. The van der Waals surface area contributed by atoms with Crippen molar-refractivity contribution >= 4 is 29.1 Å². The Balaban J connectivity index is 1.76. The molecule has 0 bridgehead atoms. The van der Waals surface area contributed by atoms with Crippen LogP contribution in [0.5, 0.6) is 0 Å². The summed E-state index contributed by atoms with van der Waals surface area (Å²) in [6, 6.07) is 31.9. The molecule has 0 saturated carbocycles. The maximum atomic E-state index is 7.98. The van der Waals surface area contributed by atoms with E-state index >= 15 is 0 Å². The molecule has 272 valence electrons. The minimum Gasteiger partial charge on any atom is -0.383 e. The SMILES string of the molecule is C=C/C=C\C(=C)C(N)=NC(=NC/C=C/C=C\C(=C)C(=C)/C=C(\C=C)c1cccc(-c2ccccc(NC(=C)CCC)c(C=N)ccc2)c1)c1ccccc1. The Morgan fingerprint density at radius 2 is 1.43 bits per heavy atom. The second kappa shape index (κ2) is 22.9. The average molecular weight is 710 g/mol. The Kier molecular flexibility index (Phi) is 17.6. The van der Waals surface area contributed by atoms with Crippen molar-refractivity contribution in [2.24, 2.45) is 15.7 Å². The number of benzene rings is 2. The van der Waals surface area contributed by atoms with E-state index in [1.165, 1.54) is 6.21 Å². The van der Waals surface area contributed by atoms with Gasteiger partial charge >= 0.3 is 0 Å². The van der Waals surface area contributed by atoms with Crippen LogP contribution in [0.4, 0.5) is 5.69 Å². The second-order valence-electron chi connectivity index (χ2n) is 12.1. The van der Waals surface area contributed by atoms with Crippen molar-refractivity contribution in [3.05, 3.63) is 230 Å². The molecule has 5 nitrogen and oxygen atoms in total. The van der Waals surface area contributed by atoms with Gasteiger partial charge in [0.25, 0.3) is 0 Å². The van der Waals surface area contributed by atoms with Gasteiger partial charge in [0, 0.05) is 34.3 Å². The number of hydrogen-bond acceptors (Lipinski definition) is 3. The van der Waals surface area contributed by atoms with Crippen LogP contribution in [0, 0.1) is 5.41 Å². The van der Waals surface area contributed by atoms with E-state index in [4.69, 9.17) is 11.1 Å². The van der Waals surface area contributed by atoms with Gasteiger partial charge < -0.3 is 16.5 Å². The molecule has 0 fully saturated rings. The van der Waals surface area contributed by atoms with Gasteiger partial charge in [0.15, 0.2) is 5.84 Å². The number of hydrogen-bond donors (Lipinski definition) is 3. The number of amidine groups is 2. The van der Waals surface area contributed by atoms with Gasteiger partial charge in [0.1, 0.15) is 5.84 Å². The van der Waals surface area contributed by atoms with Gasteiger partial charge in [-0.25, -0.2) is 4.99 Å². The highest BCUT2D eigenvalue weighted by molar-refractivity contribution is 6.11. The third kappa shape index (κ3) is 13.7. The van der Waals surface area contributed by atoms with Gasteiger partial charge in [-0.15, -0.1) is 0 Å². The van der Waals surface area contributed by atoms with Crippen LogP contribution in [0.15, 0.2) is 224 Å². The predicted molar refractivity (Wildman–Crippen MR) is 238 cm³/mol. The highest BCUT2D eigenvalue weighted by Gasteiger charge is 2.05. The van der Waals surface area contributed by atoms with E-state index in [2.05, 4.69) is 86.0 Å². The predicted octanol–water partition coefficient (Wildman–Crippen LogP) is 12.1. The summed E-state index contributed by atoms with van der Waals surface area (Å²) < 4.78 is 0. The fourth-order valence-corrected chi connectivity index (χ4v) is 5.00. The van der Waals surface area contributed by atoms with Crippen LogP contribution in [-0.4, -0.2) is 24.4 Å². The first-order chi connectivity index (χ1) is 26.2. The standard InChI is InChI=1S/C49H51N5/c1-8-11-23-38(5)48(51)54-49(43-26-15-12-16-27-43)52-33-19-13-14-24-37(4)39(6)34-41(10-3)44-29-21-30-45(35-44)42-25-17-18-32-47(53-40(7)22-9-2)46(36-50)31-20-28-42/h8,10-21,23-32,34-36,50,53H,1,3-7,9,22,33H2,2H3,(H2,51,52,54)/b18-17?,19-13+,23-11-,24-14-,25-17?,28-20?,31-20?,32-18?,41-34+,42-25?,42-28?,46-31?,47-32?,47-46?,50-36?. The van der Waals surface area contributed by atoms with Gasteiger partial charge in [-0.2, -0.15) is 0 Å². The van der Waals surface area contributed by atoms with Crippen LogP contribution >= 0.6 is 0 Å². The number of aliphatic imine (C=N–C) groups is 2. The maximum absolute atomic E-state index is 7.98. The molecule has 0 spiro atoms. The monoisotopic (exact) mass is 709 g/mol. The molecule has 0 unspecified atom stereocenters. The van der Waals surface area contributed by atoms with Crippen LogP contribution in [0.1, 0.15) is 36.5 Å². The quantitative estimate of drug-likeness (QED) is 0.0697. The van der Waals surface area contributed by atoms with Crippen LogP contribution in [0.3, 0.4) is 0 Å². The summed E-state index contributed by atoms with van der Waals surface area (Å²) in [5.41, 5.74) is 15.7. The lowest BCUT2D eigenvalue weighted by molar-refractivity contribution is 0.913. The molecule has 0 aromatic heterocycles. The molecule has 5 heteroatoms. The summed E-state index contributed by atoms with van der Waals surface area (Å²) >= 11 is 0. The Morgan fingerprint density at radius 1 is 0.759 bits per heavy atom. The molecule has 0 amide bonds. The smallest absolute Gasteiger partial charge is 0.157 e. The number of allylic oxidation sites excluding steroid dienone is 11. The summed E-state index contributed by atoms with van der Waals surface area (Å²) in [6.07, 6.45) is 19.9. The lowest BCUT2D eigenvalue weighted by atomic mass is 9.97. The van der Waals surface area contributed by atoms with Crippen LogP contribution in [0.25, 0.3) is 16.7 Å². The molecule has 0 aliphatic rings. The molecule has 0 radical (unpaired) electrons. The molecular weight excluding hydrogens is 659 g/mol. The fraction of sp³-hybridized carbons (Fsp3) is 0.0816. The van der Waals surface area contributed by atoms with E-state index in [0.717, 1.165) is 68.8 Å². The third-order valence-corrected chi connectivity index (χ3v) is 7.93. The molecule has 0 atom stereocenters. The molecule has 0 aliphatic carbocycles. The highest BCUT2D eigenvalue weighted by atomic mass is 15.0. The van der Waals surface area contributed by atoms with Crippen LogP contribution in [-0.2, 0) is 0 Å². The second-order valence-corrected chi connectivity index (χ2v) is 12.1. The number of nitrogens with one attached hydrogen (secondary N) is 2. The lowest BCUT2D eigenvalue weighted by Gasteiger charge is -2.10. The largest absolute Gasteiger partial charge is 0.383 e. The van der Waals surface area contributed by atoms with Crippen molar-refractivity contribution in [3.63, 3.8) is 0 Å². The van der Waals surface area contributed by atoms with E-state index in [1.807, 2.05) is 109 Å². The van der Waals surface area contributed by atoms with E-state index in [0.29, 0.717) is 18.0 Å². The van der Waals surface area contributed by atoms with Crippen molar-refractivity contribution in [2.45, 2.75) is 19.8 Å². The third-order valence-electron chi connectivity index (χ3n) is 7.93. The average Bonchev–Trinajstić information content (AvgIpc) is 3.19. The molecule has 0 saturated heterocycles. The molecule has 3 aromatic rings. The Morgan fingerprint density at radius 3 is 2.15 bits per heavy atom.